The summed E-state index contributed by atoms with van der Waals surface area (Å²) in [6, 6.07) is 0.342. The number of hydrogen-bond donors (Lipinski definition) is 2. The molecule has 4 heteroatoms. The molecule has 0 bridgehead atoms. The minimum Gasteiger partial charge on any atom is -0.394 e. The zero-order valence-corrected chi connectivity index (χ0v) is 12.0. The van der Waals surface area contributed by atoms with E-state index in [4.69, 9.17) is 5.73 Å². The Morgan fingerprint density at radius 2 is 2.00 bits per heavy atom. The fourth-order valence-corrected chi connectivity index (χ4v) is 1.61. The van der Waals surface area contributed by atoms with Gasteiger partial charge in [0.1, 0.15) is 5.82 Å². The van der Waals surface area contributed by atoms with E-state index in [0.29, 0.717) is 6.04 Å². The Kier molecular flexibility index (Phi) is 4.07. The van der Waals surface area contributed by atoms with Crippen molar-refractivity contribution in [3.05, 3.63) is 5.69 Å². The fourth-order valence-electron chi connectivity index (χ4n) is 1.61. The molecule has 1 unspecified atom stereocenters. The largest absolute Gasteiger partial charge is 0.394 e. The zero-order chi connectivity index (χ0) is 13.2. The topological polar surface area (TPSA) is 55.9 Å². The van der Waals surface area contributed by atoms with Gasteiger partial charge in [-0.15, -0.1) is 0 Å². The molecular formula is C13H26N4. The molecule has 0 spiro atoms. The third-order valence-corrected chi connectivity index (χ3v) is 3.30. The maximum Gasteiger partial charge on any atom is 0.148 e. The summed E-state index contributed by atoms with van der Waals surface area (Å²) in [5, 5.41) is 7.94. The smallest absolute Gasteiger partial charge is 0.148 e. The second kappa shape index (κ2) is 4.98. The molecule has 1 aromatic rings. The quantitative estimate of drug-likeness (QED) is 0.848. The molecule has 0 aliphatic heterocycles. The molecule has 0 saturated carbocycles. The molecule has 0 radical (unpaired) electrons. The van der Waals surface area contributed by atoms with Crippen LogP contribution in [0.2, 0.25) is 0 Å². The molecule has 0 aliphatic carbocycles. The van der Waals surface area contributed by atoms with Crippen molar-refractivity contribution >= 4 is 11.5 Å². The van der Waals surface area contributed by atoms with E-state index in [1.54, 1.807) is 0 Å². The summed E-state index contributed by atoms with van der Waals surface area (Å²) in [4.78, 5) is 0. The van der Waals surface area contributed by atoms with Gasteiger partial charge in [0.05, 0.1) is 11.4 Å². The highest BCUT2D eigenvalue weighted by atomic mass is 15.3. The number of nitrogens with zero attached hydrogens (tertiary/aromatic N) is 2. The van der Waals surface area contributed by atoms with E-state index < -0.39 is 0 Å². The number of rotatable bonds is 4. The fraction of sp³-hybridized carbons (Fsp3) is 0.769. The van der Waals surface area contributed by atoms with Crippen LogP contribution in [0.15, 0.2) is 0 Å². The van der Waals surface area contributed by atoms with Crippen LogP contribution in [0, 0.1) is 5.41 Å². The van der Waals surface area contributed by atoms with Gasteiger partial charge in [-0.3, -0.25) is 4.68 Å². The predicted molar refractivity (Wildman–Crippen MR) is 74.2 cm³/mol. The maximum absolute atomic E-state index is 6.14. The van der Waals surface area contributed by atoms with E-state index in [-0.39, 0.29) is 5.41 Å². The van der Waals surface area contributed by atoms with Crippen molar-refractivity contribution in [1.29, 1.82) is 0 Å². The van der Waals surface area contributed by atoms with E-state index in [1.165, 1.54) is 0 Å². The van der Waals surface area contributed by atoms with E-state index in [0.717, 1.165) is 30.0 Å². The van der Waals surface area contributed by atoms with Gasteiger partial charge >= 0.3 is 0 Å². The number of hydrogen-bond acceptors (Lipinski definition) is 3. The van der Waals surface area contributed by atoms with Crippen molar-refractivity contribution in [2.45, 2.75) is 53.5 Å². The zero-order valence-electron chi connectivity index (χ0n) is 12.0. The summed E-state index contributed by atoms with van der Waals surface area (Å²) in [5.74, 6) is 0.941. The van der Waals surface area contributed by atoms with Gasteiger partial charge in [0, 0.05) is 13.1 Å². The summed E-state index contributed by atoms with van der Waals surface area (Å²) in [6.45, 7) is 10.9. The number of aromatic nitrogens is 2. The number of aryl methyl sites for hydroxylation is 2. The monoisotopic (exact) mass is 238 g/mol. The summed E-state index contributed by atoms with van der Waals surface area (Å²) >= 11 is 0. The molecule has 4 nitrogen and oxygen atoms in total. The Labute approximate surface area is 105 Å². The van der Waals surface area contributed by atoms with Crippen molar-refractivity contribution in [3.63, 3.8) is 0 Å². The summed E-state index contributed by atoms with van der Waals surface area (Å²) < 4.78 is 1.85. The van der Waals surface area contributed by atoms with Crippen molar-refractivity contribution < 1.29 is 0 Å². The molecule has 1 aromatic heterocycles. The second-order valence-corrected chi connectivity index (χ2v) is 5.81. The van der Waals surface area contributed by atoms with Crippen molar-refractivity contribution in [1.82, 2.24) is 9.78 Å². The lowest BCUT2D eigenvalue weighted by Gasteiger charge is -2.29. The molecule has 0 aliphatic rings. The first-order chi connectivity index (χ1) is 7.77. The lowest BCUT2D eigenvalue weighted by molar-refractivity contribution is 0.358. The third-order valence-electron chi connectivity index (χ3n) is 3.30. The van der Waals surface area contributed by atoms with Crippen LogP contribution in [0.3, 0.4) is 0 Å². The lowest BCUT2D eigenvalue weighted by Crippen LogP contribution is -2.31. The van der Waals surface area contributed by atoms with Gasteiger partial charge in [-0.25, -0.2) is 0 Å². The van der Waals surface area contributed by atoms with Crippen LogP contribution in [0.1, 0.15) is 46.7 Å². The van der Waals surface area contributed by atoms with E-state index in [2.05, 4.69) is 45.0 Å². The SMILES string of the molecule is CCCc1nn(C)c(NC(C)C(C)(C)C)c1N. The highest BCUT2D eigenvalue weighted by molar-refractivity contribution is 5.65. The molecule has 1 rings (SSSR count). The second-order valence-electron chi connectivity index (χ2n) is 5.81. The van der Waals surface area contributed by atoms with Crippen LogP contribution >= 0.6 is 0 Å². The molecule has 17 heavy (non-hydrogen) atoms. The average molecular weight is 238 g/mol. The van der Waals surface area contributed by atoms with Gasteiger partial charge in [0.25, 0.3) is 0 Å². The Morgan fingerprint density at radius 1 is 1.41 bits per heavy atom. The van der Waals surface area contributed by atoms with Gasteiger partial charge in [-0.1, -0.05) is 34.1 Å². The van der Waals surface area contributed by atoms with Gasteiger partial charge in [0.15, 0.2) is 0 Å². The highest BCUT2D eigenvalue weighted by Gasteiger charge is 2.22. The van der Waals surface area contributed by atoms with Gasteiger partial charge < -0.3 is 11.1 Å². The van der Waals surface area contributed by atoms with E-state index in [1.807, 2.05) is 11.7 Å². The lowest BCUT2D eigenvalue weighted by atomic mass is 9.88. The standard InChI is InChI=1S/C13H26N4/c1-7-8-10-11(14)12(17(6)16-10)15-9(2)13(3,4)5/h9,15H,7-8,14H2,1-6H3. The minimum atomic E-state index is 0.196. The Balaban J connectivity index is 2.92. The molecule has 0 amide bonds. The van der Waals surface area contributed by atoms with Crippen LogP contribution in [0.5, 0.6) is 0 Å². The molecule has 3 N–H and O–H groups in total. The minimum absolute atomic E-state index is 0.196. The van der Waals surface area contributed by atoms with Gasteiger partial charge in [-0.2, -0.15) is 5.10 Å². The van der Waals surface area contributed by atoms with Crippen LogP contribution in [-0.4, -0.2) is 15.8 Å². The molecule has 1 atom stereocenters. The van der Waals surface area contributed by atoms with Crippen molar-refractivity contribution in [3.8, 4) is 0 Å². The molecular weight excluding hydrogens is 212 g/mol. The van der Waals surface area contributed by atoms with Crippen LogP contribution in [0.4, 0.5) is 11.5 Å². The van der Waals surface area contributed by atoms with Crippen molar-refractivity contribution in [2.75, 3.05) is 11.1 Å². The summed E-state index contributed by atoms with van der Waals surface area (Å²) in [5.41, 5.74) is 8.13. The third kappa shape index (κ3) is 3.14. The van der Waals surface area contributed by atoms with Gasteiger partial charge in [-0.05, 0) is 18.8 Å². The average Bonchev–Trinajstić information content (AvgIpc) is 2.45. The van der Waals surface area contributed by atoms with E-state index in [9.17, 15) is 0 Å². The van der Waals surface area contributed by atoms with Crippen LogP contribution in [0.25, 0.3) is 0 Å². The summed E-state index contributed by atoms with van der Waals surface area (Å²) in [6.07, 6.45) is 2.00. The van der Waals surface area contributed by atoms with Crippen LogP contribution < -0.4 is 11.1 Å². The first-order valence-corrected chi connectivity index (χ1v) is 6.35. The predicted octanol–water partition coefficient (Wildman–Crippen LogP) is 2.80. The normalized spacial score (nSPS) is 13.8. The Hall–Kier alpha value is -1.19. The number of nitrogen functional groups attached to an aromatic ring is 1. The molecule has 98 valence electrons. The maximum atomic E-state index is 6.14. The molecule has 0 aromatic carbocycles. The first-order valence-electron chi connectivity index (χ1n) is 6.35. The molecule has 0 fully saturated rings. The summed E-state index contributed by atoms with van der Waals surface area (Å²) in [7, 11) is 1.94. The Bertz CT molecular complexity index is 374. The highest BCUT2D eigenvalue weighted by Crippen LogP contribution is 2.28. The van der Waals surface area contributed by atoms with Crippen LogP contribution in [-0.2, 0) is 13.5 Å². The van der Waals surface area contributed by atoms with Crippen molar-refractivity contribution in [2.24, 2.45) is 12.5 Å². The van der Waals surface area contributed by atoms with Gasteiger partial charge in [0.2, 0.25) is 0 Å². The number of nitrogens with two attached hydrogens (primary N) is 1. The molecule has 1 heterocycles. The van der Waals surface area contributed by atoms with E-state index >= 15 is 0 Å². The first kappa shape index (κ1) is 13.9. The number of nitrogens with one attached hydrogen (secondary N) is 1. The number of anilines is 2. The Morgan fingerprint density at radius 3 is 2.47 bits per heavy atom. The molecule has 0 saturated heterocycles.